The third-order valence-corrected chi connectivity index (χ3v) is 3.78. The largest absolute Gasteiger partial charge is 0.381 e. The molecule has 0 aliphatic carbocycles. The first-order valence-electron chi connectivity index (χ1n) is 6.51. The average molecular weight is 277 g/mol. The zero-order chi connectivity index (χ0) is 13.5. The summed E-state index contributed by atoms with van der Waals surface area (Å²) in [4.78, 5) is 0. The highest BCUT2D eigenvalue weighted by molar-refractivity contribution is 7.11. The summed E-state index contributed by atoms with van der Waals surface area (Å²) >= 11 is 1.57. The van der Waals surface area contributed by atoms with Gasteiger partial charge in [-0.3, -0.25) is 0 Å². The predicted octanol–water partition coefficient (Wildman–Crippen LogP) is 2.56. The molecule has 0 radical (unpaired) electrons. The molecule has 4 nitrogen and oxygen atoms in total. The van der Waals surface area contributed by atoms with E-state index in [1.807, 2.05) is 30.3 Å². The van der Waals surface area contributed by atoms with Crippen molar-refractivity contribution in [3.8, 4) is 0 Å². The maximum Gasteiger partial charge on any atom is 0.138 e. The van der Waals surface area contributed by atoms with Gasteiger partial charge in [-0.25, -0.2) is 0 Å². The first-order valence-corrected chi connectivity index (χ1v) is 7.33. The van der Waals surface area contributed by atoms with Crippen molar-refractivity contribution in [3.05, 3.63) is 45.9 Å². The second kappa shape index (κ2) is 7.33. The van der Waals surface area contributed by atoms with E-state index in [2.05, 4.69) is 17.1 Å². The van der Waals surface area contributed by atoms with E-state index in [0.717, 1.165) is 35.0 Å². The van der Waals surface area contributed by atoms with Crippen molar-refractivity contribution in [1.29, 1.82) is 0 Å². The molecule has 0 saturated carbocycles. The van der Waals surface area contributed by atoms with Crippen LogP contribution in [0.1, 0.15) is 35.0 Å². The van der Waals surface area contributed by atoms with E-state index in [-0.39, 0.29) is 6.04 Å². The molecule has 1 unspecified atom stereocenters. The van der Waals surface area contributed by atoms with Gasteiger partial charge in [-0.05, 0) is 12.0 Å². The molecule has 0 bridgehead atoms. The molecule has 2 aromatic rings. The van der Waals surface area contributed by atoms with Crippen LogP contribution in [-0.4, -0.2) is 23.4 Å². The first-order chi connectivity index (χ1) is 9.31. The van der Waals surface area contributed by atoms with Crippen molar-refractivity contribution in [3.63, 3.8) is 0 Å². The van der Waals surface area contributed by atoms with Crippen molar-refractivity contribution in [1.82, 2.24) is 10.2 Å². The summed E-state index contributed by atoms with van der Waals surface area (Å²) in [7, 11) is 0. The van der Waals surface area contributed by atoms with Crippen LogP contribution in [0.15, 0.2) is 30.3 Å². The van der Waals surface area contributed by atoms with E-state index in [1.165, 1.54) is 0 Å². The molecule has 0 spiro atoms. The maximum absolute atomic E-state index is 6.18. The molecule has 2 N–H and O–H groups in total. The SMILES string of the molecule is CCCOCCc1nnc(C(N)c2ccccc2)s1. The fraction of sp³-hybridized carbons (Fsp3) is 0.429. The Kier molecular flexibility index (Phi) is 5.44. The molecule has 0 aliphatic heterocycles. The van der Waals surface area contributed by atoms with Crippen LogP contribution in [0.25, 0.3) is 0 Å². The number of aromatic nitrogens is 2. The molecule has 102 valence electrons. The lowest BCUT2D eigenvalue weighted by molar-refractivity contribution is 0.138. The Morgan fingerprint density at radius 1 is 1.21 bits per heavy atom. The van der Waals surface area contributed by atoms with Crippen LogP contribution in [0.3, 0.4) is 0 Å². The van der Waals surface area contributed by atoms with Crippen LogP contribution >= 0.6 is 11.3 Å². The lowest BCUT2D eigenvalue weighted by Crippen LogP contribution is -2.11. The summed E-state index contributed by atoms with van der Waals surface area (Å²) in [5.41, 5.74) is 7.25. The van der Waals surface area contributed by atoms with Gasteiger partial charge < -0.3 is 10.5 Å². The summed E-state index contributed by atoms with van der Waals surface area (Å²) in [5.74, 6) is 0. The zero-order valence-electron chi connectivity index (χ0n) is 11.1. The summed E-state index contributed by atoms with van der Waals surface area (Å²) in [6, 6.07) is 9.77. The van der Waals surface area contributed by atoms with Gasteiger partial charge >= 0.3 is 0 Å². The summed E-state index contributed by atoms with van der Waals surface area (Å²) in [6.07, 6.45) is 1.85. The lowest BCUT2D eigenvalue weighted by Gasteiger charge is -2.06. The van der Waals surface area contributed by atoms with Crippen LogP contribution in [0, 0.1) is 0 Å². The van der Waals surface area contributed by atoms with Crippen molar-refractivity contribution < 1.29 is 4.74 Å². The van der Waals surface area contributed by atoms with Crippen molar-refractivity contribution in [2.75, 3.05) is 13.2 Å². The topological polar surface area (TPSA) is 61.0 Å². The molecule has 0 saturated heterocycles. The molecular weight excluding hydrogens is 258 g/mol. The maximum atomic E-state index is 6.18. The van der Waals surface area contributed by atoms with Gasteiger partial charge in [0.05, 0.1) is 12.6 Å². The fourth-order valence-electron chi connectivity index (χ4n) is 1.70. The minimum absolute atomic E-state index is 0.191. The van der Waals surface area contributed by atoms with Gasteiger partial charge in [0.25, 0.3) is 0 Å². The van der Waals surface area contributed by atoms with E-state index in [9.17, 15) is 0 Å². The van der Waals surface area contributed by atoms with E-state index >= 15 is 0 Å². The Balaban J connectivity index is 1.93. The number of hydrogen-bond donors (Lipinski definition) is 1. The Morgan fingerprint density at radius 3 is 2.74 bits per heavy atom. The van der Waals surface area contributed by atoms with E-state index in [0.29, 0.717) is 6.61 Å². The van der Waals surface area contributed by atoms with Crippen LogP contribution in [0.2, 0.25) is 0 Å². The Hall–Kier alpha value is -1.30. The van der Waals surface area contributed by atoms with Crippen molar-refractivity contribution >= 4 is 11.3 Å². The molecule has 0 amide bonds. The van der Waals surface area contributed by atoms with Gasteiger partial charge in [-0.2, -0.15) is 0 Å². The summed E-state index contributed by atoms with van der Waals surface area (Å²) in [5, 5.41) is 10.2. The van der Waals surface area contributed by atoms with Crippen LogP contribution in [-0.2, 0) is 11.2 Å². The van der Waals surface area contributed by atoms with E-state index in [1.54, 1.807) is 11.3 Å². The van der Waals surface area contributed by atoms with Gasteiger partial charge in [0.2, 0.25) is 0 Å². The molecular formula is C14H19N3OS. The summed E-state index contributed by atoms with van der Waals surface area (Å²) in [6.45, 7) is 3.60. The van der Waals surface area contributed by atoms with Gasteiger partial charge in [0.1, 0.15) is 10.0 Å². The van der Waals surface area contributed by atoms with Crippen LogP contribution in [0.5, 0.6) is 0 Å². The number of nitrogens with two attached hydrogens (primary N) is 1. The van der Waals surface area contributed by atoms with Crippen LogP contribution < -0.4 is 5.73 Å². The van der Waals surface area contributed by atoms with E-state index < -0.39 is 0 Å². The molecule has 1 atom stereocenters. The minimum atomic E-state index is -0.191. The van der Waals surface area contributed by atoms with Crippen molar-refractivity contribution in [2.45, 2.75) is 25.8 Å². The molecule has 2 rings (SSSR count). The predicted molar refractivity (Wildman–Crippen MR) is 77.2 cm³/mol. The Morgan fingerprint density at radius 2 is 2.00 bits per heavy atom. The molecule has 1 aromatic heterocycles. The highest BCUT2D eigenvalue weighted by atomic mass is 32.1. The molecule has 5 heteroatoms. The number of hydrogen-bond acceptors (Lipinski definition) is 5. The molecule has 1 aromatic carbocycles. The third kappa shape index (κ3) is 4.09. The number of ether oxygens (including phenoxy) is 1. The number of rotatable bonds is 7. The second-order valence-electron chi connectivity index (χ2n) is 4.28. The average Bonchev–Trinajstić information content (AvgIpc) is 2.92. The van der Waals surface area contributed by atoms with Crippen molar-refractivity contribution in [2.24, 2.45) is 5.73 Å². The van der Waals surface area contributed by atoms with Gasteiger partial charge in [-0.1, -0.05) is 48.6 Å². The fourth-order valence-corrected chi connectivity index (χ4v) is 2.56. The standard InChI is InChI=1S/C14H19N3OS/c1-2-9-18-10-8-12-16-17-14(19-12)13(15)11-6-4-3-5-7-11/h3-7,13H,2,8-10,15H2,1H3. The molecule has 0 fully saturated rings. The number of benzene rings is 1. The third-order valence-electron chi connectivity index (χ3n) is 2.72. The smallest absolute Gasteiger partial charge is 0.138 e. The van der Waals surface area contributed by atoms with Gasteiger partial charge in [0, 0.05) is 13.0 Å². The quantitative estimate of drug-likeness (QED) is 0.790. The Labute approximate surface area is 117 Å². The lowest BCUT2D eigenvalue weighted by atomic mass is 10.1. The Bertz CT molecular complexity index is 486. The highest BCUT2D eigenvalue weighted by Crippen LogP contribution is 2.22. The zero-order valence-corrected chi connectivity index (χ0v) is 11.9. The molecule has 0 aliphatic rings. The first kappa shape index (κ1) is 14.1. The number of nitrogens with zero attached hydrogens (tertiary/aromatic N) is 2. The van der Waals surface area contributed by atoms with E-state index in [4.69, 9.17) is 10.5 Å². The summed E-state index contributed by atoms with van der Waals surface area (Å²) < 4.78 is 5.45. The minimum Gasteiger partial charge on any atom is -0.381 e. The molecule has 19 heavy (non-hydrogen) atoms. The van der Waals surface area contributed by atoms with Crippen LogP contribution in [0.4, 0.5) is 0 Å². The van der Waals surface area contributed by atoms with Gasteiger partial charge in [-0.15, -0.1) is 10.2 Å². The molecule has 1 heterocycles. The monoisotopic (exact) mass is 277 g/mol. The highest BCUT2D eigenvalue weighted by Gasteiger charge is 2.14. The normalized spacial score (nSPS) is 12.5. The second-order valence-corrected chi connectivity index (χ2v) is 5.38. The van der Waals surface area contributed by atoms with Gasteiger partial charge in [0.15, 0.2) is 0 Å².